The lowest BCUT2D eigenvalue weighted by molar-refractivity contribution is 0.577. The summed E-state index contributed by atoms with van der Waals surface area (Å²) in [6.45, 7) is 0. The Hall–Kier alpha value is -1.88. The molecule has 0 heterocycles. The predicted octanol–water partition coefficient (Wildman–Crippen LogP) is 2.52. The molecule has 2 aromatic rings. The largest absolute Gasteiger partial charge is 0.398 e. The van der Waals surface area contributed by atoms with E-state index >= 15 is 0 Å². The number of fused-ring (bicyclic) bond motifs is 1. The van der Waals surface area contributed by atoms with Gasteiger partial charge in [0.2, 0.25) is 0 Å². The van der Waals surface area contributed by atoms with E-state index in [0.29, 0.717) is 0 Å². The van der Waals surface area contributed by atoms with Crippen molar-refractivity contribution < 1.29 is 12.8 Å². The minimum Gasteiger partial charge on any atom is -0.398 e. The van der Waals surface area contributed by atoms with E-state index in [9.17, 15) is 12.8 Å². The summed E-state index contributed by atoms with van der Waals surface area (Å²) in [4.78, 5) is 0.0169. The molecule has 104 valence electrons. The van der Waals surface area contributed by atoms with Gasteiger partial charge in [0.15, 0.2) is 9.84 Å². The number of halogens is 1. The fourth-order valence-electron chi connectivity index (χ4n) is 2.67. The van der Waals surface area contributed by atoms with Crippen LogP contribution in [0.3, 0.4) is 0 Å². The van der Waals surface area contributed by atoms with Crippen LogP contribution in [0.1, 0.15) is 17.0 Å². The second-order valence-electron chi connectivity index (χ2n) is 5.06. The fourth-order valence-corrected chi connectivity index (χ4v) is 4.37. The van der Waals surface area contributed by atoms with Gasteiger partial charge in [0.05, 0.1) is 16.3 Å². The maximum absolute atomic E-state index is 13.0. The highest BCUT2D eigenvalue weighted by Gasteiger charge is 2.31. The van der Waals surface area contributed by atoms with Crippen LogP contribution in [-0.4, -0.2) is 14.2 Å². The van der Waals surface area contributed by atoms with Crippen molar-refractivity contribution in [3.63, 3.8) is 0 Å². The van der Waals surface area contributed by atoms with E-state index in [1.165, 1.54) is 11.6 Å². The monoisotopic (exact) mass is 291 g/mol. The molecule has 0 spiro atoms. The summed E-state index contributed by atoms with van der Waals surface area (Å²) in [5.74, 6) is -0.518. The van der Waals surface area contributed by atoms with Crippen molar-refractivity contribution in [3.8, 4) is 0 Å². The van der Waals surface area contributed by atoms with Gasteiger partial charge in [-0.15, -0.1) is 0 Å². The third-order valence-electron chi connectivity index (χ3n) is 3.69. The highest BCUT2D eigenvalue weighted by molar-refractivity contribution is 7.91. The van der Waals surface area contributed by atoms with E-state index < -0.39 is 15.7 Å². The van der Waals surface area contributed by atoms with Gasteiger partial charge in [0.25, 0.3) is 0 Å². The molecule has 20 heavy (non-hydrogen) atoms. The minimum absolute atomic E-state index is 0.000605. The molecule has 0 fully saturated rings. The van der Waals surface area contributed by atoms with E-state index in [-0.39, 0.29) is 22.3 Å². The van der Waals surface area contributed by atoms with Crippen LogP contribution in [-0.2, 0) is 16.3 Å². The molecule has 0 bridgehead atoms. The second-order valence-corrected chi connectivity index (χ2v) is 7.07. The number of anilines is 1. The number of sulfone groups is 1. The van der Waals surface area contributed by atoms with E-state index in [1.54, 1.807) is 0 Å². The summed E-state index contributed by atoms with van der Waals surface area (Å²) in [6.07, 6.45) is 0.760. The zero-order valence-electron chi connectivity index (χ0n) is 10.7. The van der Waals surface area contributed by atoms with Crippen LogP contribution in [0.4, 0.5) is 10.1 Å². The van der Waals surface area contributed by atoms with Gasteiger partial charge in [0.1, 0.15) is 5.82 Å². The molecule has 1 aliphatic rings. The molecule has 0 amide bonds. The van der Waals surface area contributed by atoms with Crippen molar-refractivity contribution in [1.82, 2.24) is 0 Å². The predicted molar refractivity (Wildman–Crippen MR) is 75.8 cm³/mol. The summed E-state index contributed by atoms with van der Waals surface area (Å²) in [6, 6.07) is 11.2. The highest BCUT2D eigenvalue weighted by atomic mass is 32.2. The van der Waals surface area contributed by atoms with Gasteiger partial charge in [-0.2, -0.15) is 0 Å². The average molecular weight is 291 g/mol. The van der Waals surface area contributed by atoms with Crippen LogP contribution in [0.2, 0.25) is 0 Å². The SMILES string of the molecule is Nc1cc(F)ccc1S(=O)(=O)CC1Cc2ccccc21. The quantitative estimate of drug-likeness (QED) is 0.698. The Labute approximate surface area is 117 Å². The Kier molecular flexibility index (Phi) is 3.01. The molecule has 1 unspecified atom stereocenters. The Bertz CT molecular complexity index is 771. The number of hydrogen-bond donors (Lipinski definition) is 1. The number of benzene rings is 2. The molecule has 2 aromatic carbocycles. The second kappa shape index (κ2) is 4.59. The van der Waals surface area contributed by atoms with E-state index in [2.05, 4.69) is 0 Å². The lowest BCUT2D eigenvalue weighted by atomic mass is 9.79. The average Bonchev–Trinajstić information content (AvgIpc) is 2.35. The summed E-state index contributed by atoms with van der Waals surface area (Å²) in [7, 11) is -3.50. The van der Waals surface area contributed by atoms with Crippen molar-refractivity contribution >= 4 is 15.5 Å². The molecule has 0 saturated heterocycles. The van der Waals surface area contributed by atoms with Crippen molar-refractivity contribution in [2.24, 2.45) is 0 Å². The zero-order chi connectivity index (χ0) is 14.3. The molecule has 0 aromatic heterocycles. The summed E-state index contributed by atoms with van der Waals surface area (Å²) in [5.41, 5.74) is 7.86. The van der Waals surface area contributed by atoms with Gasteiger partial charge in [-0.25, -0.2) is 12.8 Å². The summed E-state index contributed by atoms with van der Waals surface area (Å²) >= 11 is 0. The van der Waals surface area contributed by atoms with E-state index in [0.717, 1.165) is 24.1 Å². The topological polar surface area (TPSA) is 60.2 Å². The van der Waals surface area contributed by atoms with Crippen molar-refractivity contribution in [3.05, 3.63) is 59.4 Å². The van der Waals surface area contributed by atoms with Gasteiger partial charge < -0.3 is 5.73 Å². The number of nitrogen functional groups attached to an aromatic ring is 1. The number of rotatable bonds is 3. The Morgan fingerprint density at radius 1 is 1.20 bits per heavy atom. The molecule has 2 N–H and O–H groups in total. The molecule has 0 aliphatic heterocycles. The number of hydrogen-bond acceptors (Lipinski definition) is 3. The standard InChI is InChI=1S/C15H14FNO2S/c16-12-5-6-15(14(17)8-12)20(18,19)9-11-7-10-3-1-2-4-13(10)11/h1-6,8,11H,7,9,17H2. The highest BCUT2D eigenvalue weighted by Crippen LogP contribution is 2.37. The summed E-state index contributed by atoms with van der Waals surface area (Å²) in [5, 5.41) is 0. The van der Waals surface area contributed by atoms with Crippen LogP contribution >= 0.6 is 0 Å². The lowest BCUT2D eigenvalue weighted by Gasteiger charge is -2.29. The van der Waals surface area contributed by atoms with Gasteiger partial charge in [-0.05, 0) is 35.7 Å². The number of nitrogens with two attached hydrogens (primary N) is 1. The first-order chi connectivity index (χ1) is 9.47. The molecule has 3 rings (SSSR count). The van der Waals surface area contributed by atoms with Crippen molar-refractivity contribution in [1.29, 1.82) is 0 Å². The Morgan fingerprint density at radius 3 is 2.65 bits per heavy atom. The van der Waals surface area contributed by atoms with E-state index in [1.807, 2.05) is 24.3 Å². The normalized spacial score (nSPS) is 17.4. The van der Waals surface area contributed by atoms with E-state index in [4.69, 9.17) is 5.73 Å². The molecular formula is C15H14FNO2S. The van der Waals surface area contributed by atoms with Crippen LogP contribution in [0.5, 0.6) is 0 Å². The maximum Gasteiger partial charge on any atom is 0.181 e. The minimum atomic E-state index is -3.50. The molecule has 5 heteroatoms. The lowest BCUT2D eigenvalue weighted by Crippen LogP contribution is -2.25. The third kappa shape index (κ3) is 2.18. The van der Waals surface area contributed by atoms with Crippen molar-refractivity contribution in [2.45, 2.75) is 17.2 Å². The van der Waals surface area contributed by atoms with Crippen LogP contribution in [0.25, 0.3) is 0 Å². The van der Waals surface area contributed by atoms with Crippen molar-refractivity contribution in [2.75, 3.05) is 11.5 Å². The van der Waals surface area contributed by atoms with Gasteiger partial charge in [-0.1, -0.05) is 24.3 Å². The Balaban J connectivity index is 1.88. The first-order valence-electron chi connectivity index (χ1n) is 6.33. The maximum atomic E-state index is 13.0. The third-order valence-corrected chi connectivity index (χ3v) is 5.57. The first kappa shape index (κ1) is 13.1. The molecule has 1 aliphatic carbocycles. The molecule has 3 nitrogen and oxygen atoms in total. The molecular weight excluding hydrogens is 277 g/mol. The molecule has 1 atom stereocenters. The molecule has 0 saturated carbocycles. The fraction of sp³-hybridized carbons (Fsp3) is 0.200. The van der Waals surface area contributed by atoms with Gasteiger partial charge in [0, 0.05) is 5.92 Å². The van der Waals surface area contributed by atoms with Crippen LogP contribution in [0, 0.1) is 5.82 Å². The zero-order valence-corrected chi connectivity index (χ0v) is 11.5. The van der Waals surface area contributed by atoms with Crippen LogP contribution in [0.15, 0.2) is 47.4 Å². The Morgan fingerprint density at radius 2 is 1.95 bits per heavy atom. The first-order valence-corrected chi connectivity index (χ1v) is 7.98. The van der Waals surface area contributed by atoms with Gasteiger partial charge in [-0.3, -0.25) is 0 Å². The van der Waals surface area contributed by atoms with Gasteiger partial charge >= 0.3 is 0 Å². The smallest absolute Gasteiger partial charge is 0.181 e. The van der Waals surface area contributed by atoms with Crippen LogP contribution < -0.4 is 5.73 Å². The summed E-state index contributed by atoms with van der Waals surface area (Å²) < 4.78 is 37.7. The molecule has 0 radical (unpaired) electrons.